The van der Waals surface area contributed by atoms with Crippen molar-refractivity contribution in [3.63, 3.8) is 0 Å². The van der Waals surface area contributed by atoms with E-state index in [0.717, 1.165) is 0 Å². The van der Waals surface area contributed by atoms with Crippen LogP contribution in [0.25, 0.3) is 0 Å². The second kappa shape index (κ2) is 4.91. The van der Waals surface area contributed by atoms with Crippen LogP contribution in [0.3, 0.4) is 0 Å². The Morgan fingerprint density at radius 3 is 2.86 bits per heavy atom. The summed E-state index contributed by atoms with van der Waals surface area (Å²) in [6.45, 7) is 0. The average molecular weight is 211 g/mol. The summed E-state index contributed by atoms with van der Waals surface area (Å²) in [6, 6.07) is 6.65. The number of amides is 1. The van der Waals surface area contributed by atoms with E-state index >= 15 is 0 Å². The molecule has 0 unspecified atom stereocenters. The SMILES string of the molecule is CSCC(=O)N(C)c1cccc(O)c1. The second-order valence-corrected chi connectivity index (χ2v) is 3.77. The first-order valence-electron chi connectivity index (χ1n) is 4.19. The van der Waals surface area contributed by atoms with Gasteiger partial charge < -0.3 is 10.0 Å². The van der Waals surface area contributed by atoms with E-state index in [0.29, 0.717) is 11.4 Å². The van der Waals surface area contributed by atoms with Gasteiger partial charge in [0.25, 0.3) is 0 Å². The number of phenolic OH excluding ortho intramolecular Hbond substituents is 1. The maximum absolute atomic E-state index is 11.5. The van der Waals surface area contributed by atoms with Crippen molar-refractivity contribution >= 4 is 23.4 Å². The number of hydrogen-bond donors (Lipinski definition) is 1. The fourth-order valence-corrected chi connectivity index (χ4v) is 1.51. The zero-order valence-corrected chi connectivity index (χ0v) is 9.04. The molecule has 0 saturated heterocycles. The lowest BCUT2D eigenvalue weighted by atomic mass is 10.3. The lowest BCUT2D eigenvalue weighted by molar-refractivity contribution is -0.115. The van der Waals surface area contributed by atoms with E-state index in [2.05, 4.69) is 0 Å². The number of anilines is 1. The molecule has 0 fully saturated rings. The summed E-state index contributed by atoms with van der Waals surface area (Å²) in [5, 5.41) is 9.23. The van der Waals surface area contributed by atoms with Crippen LogP contribution in [0.4, 0.5) is 5.69 Å². The molecule has 0 bridgehead atoms. The molecule has 0 heterocycles. The monoisotopic (exact) mass is 211 g/mol. The first kappa shape index (κ1) is 10.9. The molecule has 76 valence electrons. The molecule has 0 aliphatic carbocycles. The predicted octanol–water partition coefficient (Wildman–Crippen LogP) is 1.72. The average Bonchev–Trinajstić information content (AvgIpc) is 2.17. The third kappa shape index (κ3) is 2.67. The van der Waals surface area contributed by atoms with Gasteiger partial charge in [0.15, 0.2) is 0 Å². The molecule has 14 heavy (non-hydrogen) atoms. The van der Waals surface area contributed by atoms with Crippen molar-refractivity contribution < 1.29 is 9.90 Å². The molecule has 1 N–H and O–H groups in total. The minimum atomic E-state index is 0.0306. The fraction of sp³-hybridized carbons (Fsp3) is 0.300. The lowest BCUT2D eigenvalue weighted by Gasteiger charge is -2.16. The second-order valence-electron chi connectivity index (χ2n) is 2.91. The molecule has 4 heteroatoms. The molecular formula is C10H13NO2S. The topological polar surface area (TPSA) is 40.5 Å². The Morgan fingerprint density at radius 2 is 2.29 bits per heavy atom. The van der Waals surface area contributed by atoms with E-state index in [1.54, 1.807) is 31.3 Å². The summed E-state index contributed by atoms with van der Waals surface area (Å²) in [5.74, 6) is 0.654. The molecule has 1 amide bonds. The standard InChI is InChI=1S/C10H13NO2S/c1-11(10(13)7-14-2)8-4-3-5-9(12)6-8/h3-6,12H,7H2,1-2H3. The Balaban J connectivity index is 2.78. The van der Waals surface area contributed by atoms with E-state index < -0.39 is 0 Å². The van der Waals surface area contributed by atoms with Gasteiger partial charge in [0.1, 0.15) is 5.75 Å². The maximum atomic E-state index is 11.5. The predicted molar refractivity (Wildman–Crippen MR) is 59.9 cm³/mol. The summed E-state index contributed by atoms with van der Waals surface area (Å²) in [5.41, 5.74) is 0.712. The van der Waals surface area contributed by atoms with Gasteiger partial charge in [-0.3, -0.25) is 4.79 Å². The quantitative estimate of drug-likeness (QED) is 0.827. The van der Waals surface area contributed by atoms with Crippen molar-refractivity contribution in [2.75, 3.05) is 24.0 Å². The van der Waals surface area contributed by atoms with Crippen molar-refractivity contribution in [1.82, 2.24) is 0 Å². The number of carbonyl (C=O) groups excluding carboxylic acids is 1. The van der Waals surface area contributed by atoms with Crippen LogP contribution in [0.5, 0.6) is 5.75 Å². The summed E-state index contributed by atoms with van der Waals surface area (Å²) in [7, 11) is 1.70. The number of hydrogen-bond acceptors (Lipinski definition) is 3. The van der Waals surface area contributed by atoms with Gasteiger partial charge in [-0.2, -0.15) is 11.8 Å². The largest absolute Gasteiger partial charge is 0.508 e. The molecule has 0 aromatic heterocycles. The van der Waals surface area contributed by atoms with E-state index in [4.69, 9.17) is 0 Å². The van der Waals surface area contributed by atoms with Crippen molar-refractivity contribution in [2.24, 2.45) is 0 Å². The summed E-state index contributed by atoms with van der Waals surface area (Å²) in [6.07, 6.45) is 1.88. The lowest BCUT2D eigenvalue weighted by Crippen LogP contribution is -2.27. The Hall–Kier alpha value is -1.16. The van der Waals surface area contributed by atoms with Crippen molar-refractivity contribution in [2.45, 2.75) is 0 Å². The number of thioether (sulfide) groups is 1. The highest BCUT2D eigenvalue weighted by Crippen LogP contribution is 2.19. The Bertz CT molecular complexity index is 328. The minimum Gasteiger partial charge on any atom is -0.508 e. The van der Waals surface area contributed by atoms with E-state index in [1.807, 2.05) is 6.26 Å². The molecule has 0 atom stereocenters. The zero-order valence-electron chi connectivity index (χ0n) is 8.23. The van der Waals surface area contributed by atoms with Crippen LogP contribution in [0.15, 0.2) is 24.3 Å². The third-order valence-electron chi connectivity index (χ3n) is 1.86. The summed E-state index contributed by atoms with van der Waals surface area (Å²) >= 11 is 1.48. The molecule has 0 aliphatic heterocycles. The van der Waals surface area contributed by atoms with Gasteiger partial charge in [0.2, 0.25) is 5.91 Å². The molecule has 0 aliphatic rings. The van der Waals surface area contributed by atoms with Crippen LogP contribution in [0.2, 0.25) is 0 Å². The van der Waals surface area contributed by atoms with Crippen LogP contribution in [0.1, 0.15) is 0 Å². The highest BCUT2D eigenvalue weighted by molar-refractivity contribution is 7.99. The van der Waals surface area contributed by atoms with Gasteiger partial charge in [0.05, 0.1) is 5.75 Å². The number of carbonyl (C=O) groups is 1. The van der Waals surface area contributed by atoms with Gasteiger partial charge in [-0.25, -0.2) is 0 Å². The van der Waals surface area contributed by atoms with Gasteiger partial charge in [-0.1, -0.05) is 6.07 Å². The van der Waals surface area contributed by atoms with Crippen molar-refractivity contribution in [3.05, 3.63) is 24.3 Å². The van der Waals surface area contributed by atoms with E-state index in [1.165, 1.54) is 16.7 Å². The normalized spacial score (nSPS) is 9.86. The van der Waals surface area contributed by atoms with Gasteiger partial charge in [-0.15, -0.1) is 0 Å². The third-order valence-corrected chi connectivity index (χ3v) is 2.39. The summed E-state index contributed by atoms with van der Waals surface area (Å²) < 4.78 is 0. The Morgan fingerprint density at radius 1 is 1.57 bits per heavy atom. The van der Waals surface area contributed by atoms with Crippen molar-refractivity contribution in [3.8, 4) is 5.75 Å². The molecule has 1 rings (SSSR count). The number of nitrogens with zero attached hydrogens (tertiary/aromatic N) is 1. The van der Waals surface area contributed by atoms with E-state index in [9.17, 15) is 9.90 Å². The molecule has 1 aromatic rings. The molecule has 3 nitrogen and oxygen atoms in total. The molecule has 0 spiro atoms. The van der Waals surface area contributed by atoms with Gasteiger partial charge in [0, 0.05) is 18.8 Å². The minimum absolute atomic E-state index is 0.0306. The molecule has 0 saturated carbocycles. The Labute approximate surface area is 87.7 Å². The van der Waals surface area contributed by atoms with Crippen LogP contribution in [-0.4, -0.2) is 30.1 Å². The maximum Gasteiger partial charge on any atom is 0.236 e. The highest BCUT2D eigenvalue weighted by Gasteiger charge is 2.09. The van der Waals surface area contributed by atoms with Crippen LogP contribution in [-0.2, 0) is 4.79 Å². The number of benzene rings is 1. The van der Waals surface area contributed by atoms with E-state index in [-0.39, 0.29) is 11.7 Å². The first-order valence-corrected chi connectivity index (χ1v) is 5.59. The fourth-order valence-electron chi connectivity index (χ4n) is 1.07. The number of aromatic hydroxyl groups is 1. The van der Waals surface area contributed by atoms with Crippen LogP contribution < -0.4 is 4.90 Å². The summed E-state index contributed by atoms with van der Waals surface area (Å²) in [4.78, 5) is 13.0. The molecule has 1 aromatic carbocycles. The smallest absolute Gasteiger partial charge is 0.236 e. The number of phenols is 1. The Kier molecular flexibility index (Phi) is 3.83. The number of rotatable bonds is 3. The van der Waals surface area contributed by atoms with Crippen LogP contribution in [0, 0.1) is 0 Å². The van der Waals surface area contributed by atoms with Crippen molar-refractivity contribution in [1.29, 1.82) is 0 Å². The zero-order chi connectivity index (χ0) is 10.6. The van der Waals surface area contributed by atoms with Gasteiger partial charge in [-0.05, 0) is 18.4 Å². The molecule has 0 radical (unpaired) electrons. The molecular weight excluding hydrogens is 198 g/mol. The van der Waals surface area contributed by atoms with Gasteiger partial charge >= 0.3 is 0 Å². The highest BCUT2D eigenvalue weighted by atomic mass is 32.2. The van der Waals surface area contributed by atoms with Crippen LogP contribution >= 0.6 is 11.8 Å². The first-order chi connectivity index (χ1) is 6.65.